The number of rotatable bonds is 13. The van der Waals surface area contributed by atoms with Gasteiger partial charge in [-0.05, 0) is 66.8 Å². The molecule has 1 unspecified atom stereocenters. The van der Waals surface area contributed by atoms with Crippen molar-refractivity contribution in [1.29, 1.82) is 0 Å². The van der Waals surface area contributed by atoms with Crippen LogP contribution < -0.4 is 14.4 Å². The molecule has 8 nitrogen and oxygen atoms in total. The smallest absolute Gasteiger partial charge is 0.244 e. The van der Waals surface area contributed by atoms with Crippen LogP contribution in [0.25, 0.3) is 0 Å². The Hall–Kier alpha value is -3.85. The van der Waals surface area contributed by atoms with Crippen LogP contribution in [0.2, 0.25) is 0 Å². The van der Waals surface area contributed by atoms with Gasteiger partial charge in [-0.2, -0.15) is 0 Å². The van der Waals surface area contributed by atoms with E-state index in [1.54, 1.807) is 25.3 Å². The molecule has 0 bridgehead atoms. The van der Waals surface area contributed by atoms with Crippen molar-refractivity contribution >= 4 is 27.5 Å². The van der Waals surface area contributed by atoms with Crippen LogP contribution in [0, 0.1) is 13.8 Å². The van der Waals surface area contributed by atoms with Crippen molar-refractivity contribution in [3.8, 4) is 5.75 Å². The normalized spacial score (nSPS) is 11.9. The van der Waals surface area contributed by atoms with Gasteiger partial charge >= 0.3 is 0 Å². The number of anilines is 1. The zero-order chi connectivity index (χ0) is 29.3. The van der Waals surface area contributed by atoms with Gasteiger partial charge < -0.3 is 15.0 Å². The summed E-state index contributed by atoms with van der Waals surface area (Å²) in [5.41, 5.74) is 3.96. The van der Waals surface area contributed by atoms with E-state index in [2.05, 4.69) is 5.32 Å². The number of nitrogens with zero attached hydrogens (tertiary/aromatic N) is 2. The van der Waals surface area contributed by atoms with Gasteiger partial charge in [0, 0.05) is 19.5 Å². The van der Waals surface area contributed by atoms with Crippen molar-refractivity contribution in [3.05, 3.63) is 95.1 Å². The first kappa shape index (κ1) is 30.7. The Bertz CT molecular complexity index is 1410. The minimum Gasteiger partial charge on any atom is -0.497 e. The number of methoxy groups -OCH3 is 1. The Morgan fingerprint density at radius 1 is 0.925 bits per heavy atom. The van der Waals surface area contributed by atoms with E-state index in [0.29, 0.717) is 18.0 Å². The first-order chi connectivity index (χ1) is 19.0. The molecule has 3 aromatic carbocycles. The molecule has 0 fully saturated rings. The fourth-order valence-electron chi connectivity index (χ4n) is 4.38. The summed E-state index contributed by atoms with van der Waals surface area (Å²) in [5.74, 6) is -0.161. The van der Waals surface area contributed by atoms with E-state index in [9.17, 15) is 18.0 Å². The highest BCUT2D eigenvalue weighted by atomic mass is 32.2. The van der Waals surface area contributed by atoms with Crippen LogP contribution in [-0.4, -0.2) is 57.6 Å². The zero-order valence-corrected chi connectivity index (χ0v) is 24.7. The second-order valence-corrected chi connectivity index (χ2v) is 11.8. The number of benzene rings is 3. The lowest BCUT2D eigenvalue weighted by Crippen LogP contribution is -2.53. The number of nitrogens with one attached hydrogen (secondary N) is 1. The third-order valence-electron chi connectivity index (χ3n) is 6.77. The predicted octanol–water partition coefficient (Wildman–Crippen LogP) is 4.24. The van der Waals surface area contributed by atoms with Crippen molar-refractivity contribution in [3.63, 3.8) is 0 Å². The molecular weight excluding hydrogens is 526 g/mol. The summed E-state index contributed by atoms with van der Waals surface area (Å²) in [4.78, 5) is 29.1. The number of carbonyl (C=O) groups is 2. The highest BCUT2D eigenvalue weighted by Gasteiger charge is 2.33. The summed E-state index contributed by atoms with van der Waals surface area (Å²) >= 11 is 0. The number of hydrogen-bond acceptors (Lipinski definition) is 5. The maximum absolute atomic E-state index is 14.1. The standard InChI is InChI=1S/C31H39N3O5S/c1-6-17-32-31(36)29(20-25-11-8-7-9-12-25)33(21-26-13-10-14-28(19-26)39-4)30(35)22-34(40(5,37)38)27-16-15-23(2)24(3)18-27/h7-16,18-19,29H,6,17,20-22H2,1-5H3,(H,32,36). The number of sulfonamides is 1. The molecule has 0 aliphatic heterocycles. The summed E-state index contributed by atoms with van der Waals surface area (Å²) < 4.78 is 32.3. The van der Waals surface area contributed by atoms with Crippen molar-refractivity contribution in [2.24, 2.45) is 0 Å². The van der Waals surface area contributed by atoms with Crippen LogP contribution in [0.4, 0.5) is 5.69 Å². The molecule has 40 heavy (non-hydrogen) atoms. The summed E-state index contributed by atoms with van der Waals surface area (Å²) in [6.07, 6.45) is 2.09. The van der Waals surface area contributed by atoms with Crippen LogP contribution in [0.3, 0.4) is 0 Å². The van der Waals surface area contributed by atoms with Crippen LogP contribution in [0.15, 0.2) is 72.8 Å². The number of aryl methyl sites for hydroxylation is 2. The van der Waals surface area contributed by atoms with Gasteiger partial charge in [0.15, 0.2) is 0 Å². The Kier molecular flexibility index (Phi) is 10.7. The van der Waals surface area contributed by atoms with Gasteiger partial charge in [0.25, 0.3) is 0 Å². The molecule has 0 spiro atoms. The Morgan fingerprint density at radius 2 is 1.62 bits per heavy atom. The summed E-state index contributed by atoms with van der Waals surface area (Å²) in [6, 6.07) is 21.2. The van der Waals surface area contributed by atoms with Crippen molar-refractivity contribution in [2.75, 3.05) is 30.8 Å². The number of ether oxygens (including phenoxy) is 1. The minimum atomic E-state index is -3.81. The maximum atomic E-state index is 14.1. The number of hydrogen-bond donors (Lipinski definition) is 1. The topological polar surface area (TPSA) is 96.0 Å². The Morgan fingerprint density at radius 3 is 2.25 bits per heavy atom. The van der Waals surface area contributed by atoms with Gasteiger partial charge in [-0.15, -0.1) is 0 Å². The first-order valence-electron chi connectivity index (χ1n) is 13.3. The first-order valence-corrected chi connectivity index (χ1v) is 15.2. The molecule has 0 heterocycles. The fraction of sp³-hybridized carbons (Fsp3) is 0.355. The predicted molar refractivity (Wildman–Crippen MR) is 159 cm³/mol. The molecule has 0 saturated heterocycles. The number of carbonyl (C=O) groups excluding carboxylic acids is 2. The van der Waals surface area contributed by atoms with Crippen molar-refractivity contribution < 1.29 is 22.7 Å². The van der Waals surface area contributed by atoms with Gasteiger partial charge in [-0.1, -0.05) is 55.5 Å². The van der Waals surface area contributed by atoms with Crippen LogP contribution in [0.1, 0.15) is 35.6 Å². The molecule has 0 aromatic heterocycles. The van der Waals surface area contributed by atoms with Crippen LogP contribution in [-0.2, 0) is 32.6 Å². The quantitative estimate of drug-likeness (QED) is 0.334. The average molecular weight is 566 g/mol. The lowest BCUT2D eigenvalue weighted by molar-refractivity contribution is -0.140. The summed E-state index contributed by atoms with van der Waals surface area (Å²) in [5, 5.41) is 2.94. The van der Waals surface area contributed by atoms with E-state index >= 15 is 0 Å². The van der Waals surface area contributed by atoms with E-state index in [-0.39, 0.29) is 18.9 Å². The molecule has 2 amide bonds. The Labute approximate surface area is 238 Å². The molecule has 0 saturated carbocycles. The summed E-state index contributed by atoms with van der Waals surface area (Å²) in [6.45, 7) is 5.90. The van der Waals surface area contributed by atoms with Crippen molar-refractivity contribution in [1.82, 2.24) is 10.2 Å². The monoisotopic (exact) mass is 565 g/mol. The third-order valence-corrected chi connectivity index (χ3v) is 7.91. The van der Waals surface area contributed by atoms with Gasteiger partial charge in [-0.3, -0.25) is 13.9 Å². The molecule has 0 aliphatic carbocycles. The molecule has 3 aromatic rings. The summed E-state index contributed by atoms with van der Waals surface area (Å²) in [7, 11) is -2.25. The van der Waals surface area contributed by atoms with Crippen LogP contribution >= 0.6 is 0 Å². The van der Waals surface area contributed by atoms with Gasteiger partial charge in [-0.25, -0.2) is 8.42 Å². The largest absolute Gasteiger partial charge is 0.497 e. The molecule has 0 aliphatic rings. The van der Waals surface area contributed by atoms with E-state index in [4.69, 9.17) is 4.74 Å². The molecule has 1 atom stereocenters. The molecule has 3 rings (SSSR count). The maximum Gasteiger partial charge on any atom is 0.244 e. The van der Waals surface area contributed by atoms with Gasteiger partial charge in [0.2, 0.25) is 21.8 Å². The number of amides is 2. The minimum absolute atomic E-state index is 0.0948. The van der Waals surface area contributed by atoms with Gasteiger partial charge in [0.05, 0.1) is 19.1 Å². The van der Waals surface area contributed by atoms with Crippen LogP contribution in [0.5, 0.6) is 5.75 Å². The fourth-order valence-corrected chi connectivity index (χ4v) is 5.22. The zero-order valence-electron chi connectivity index (χ0n) is 23.9. The lowest BCUT2D eigenvalue weighted by Gasteiger charge is -2.33. The molecule has 9 heteroatoms. The van der Waals surface area contributed by atoms with E-state index < -0.39 is 28.5 Å². The molecular formula is C31H39N3O5S. The Balaban J connectivity index is 2.06. The highest BCUT2D eigenvalue weighted by molar-refractivity contribution is 7.92. The molecule has 0 radical (unpaired) electrons. The van der Waals surface area contributed by atoms with Crippen molar-refractivity contribution in [2.45, 2.75) is 46.2 Å². The molecule has 214 valence electrons. The SMILES string of the molecule is CCCNC(=O)C(Cc1ccccc1)N(Cc1cccc(OC)c1)C(=O)CN(c1ccc(C)c(C)c1)S(C)(=O)=O. The second kappa shape index (κ2) is 14.0. The average Bonchev–Trinajstić information content (AvgIpc) is 2.93. The van der Waals surface area contributed by atoms with Gasteiger partial charge in [0.1, 0.15) is 18.3 Å². The van der Waals surface area contributed by atoms with E-state index in [0.717, 1.165) is 39.2 Å². The van der Waals surface area contributed by atoms with E-state index in [1.165, 1.54) is 4.90 Å². The van der Waals surface area contributed by atoms with E-state index in [1.807, 2.05) is 75.4 Å². The lowest BCUT2D eigenvalue weighted by atomic mass is 10.0. The third kappa shape index (κ3) is 8.32. The molecule has 1 N–H and O–H groups in total. The second-order valence-electron chi connectivity index (χ2n) is 9.91. The highest BCUT2D eigenvalue weighted by Crippen LogP contribution is 2.23.